The van der Waals surface area contributed by atoms with Crippen LogP contribution in [0.15, 0.2) is 52.0 Å². The fourth-order valence-corrected chi connectivity index (χ4v) is 2.98. The summed E-state index contributed by atoms with van der Waals surface area (Å²) in [6.45, 7) is 0.558. The third-order valence-corrected chi connectivity index (χ3v) is 4.35. The minimum Gasteiger partial charge on any atom is -0.372 e. The zero-order valence-electron chi connectivity index (χ0n) is 14.3. The minimum absolute atomic E-state index is 0.00942. The van der Waals surface area contributed by atoms with Crippen molar-refractivity contribution in [1.82, 2.24) is 25.4 Å². The average molecular weight is 367 g/mol. The van der Waals surface area contributed by atoms with Gasteiger partial charge in [0, 0.05) is 25.0 Å². The molecule has 0 radical (unpaired) electrons. The van der Waals surface area contributed by atoms with Gasteiger partial charge in [-0.15, -0.1) is 0 Å². The Morgan fingerprint density at radius 2 is 2.15 bits per heavy atom. The van der Waals surface area contributed by atoms with Crippen molar-refractivity contribution in [2.75, 3.05) is 6.61 Å². The molecule has 4 heterocycles. The molecule has 2 N–H and O–H groups in total. The lowest BCUT2D eigenvalue weighted by molar-refractivity contribution is -0.00151. The summed E-state index contributed by atoms with van der Waals surface area (Å²) in [5.74, 6) is -0.653. The van der Waals surface area contributed by atoms with Crippen molar-refractivity contribution in [2.45, 2.75) is 25.0 Å². The Morgan fingerprint density at radius 3 is 2.85 bits per heavy atom. The maximum atomic E-state index is 12.5. The van der Waals surface area contributed by atoms with E-state index < -0.39 is 5.76 Å². The molecular weight excluding hydrogens is 350 g/mol. The van der Waals surface area contributed by atoms with Gasteiger partial charge >= 0.3 is 5.76 Å². The Hall–Kier alpha value is -3.33. The van der Waals surface area contributed by atoms with E-state index >= 15 is 0 Å². The number of nitrogens with zero attached hydrogens (tertiary/aromatic N) is 3. The number of ether oxygens (including phenoxy) is 1. The molecule has 4 rings (SSSR count). The molecule has 3 aromatic rings. The quantitative estimate of drug-likeness (QED) is 0.716. The first-order valence-corrected chi connectivity index (χ1v) is 8.55. The first kappa shape index (κ1) is 17.1. The van der Waals surface area contributed by atoms with Crippen LogP contribution in [0.4, 0.5) is 0 Å². The van der Waals surface area contributed by atoms with Crippen LogP contribution in [-0.2, 0) is 4.74 Å². The molecule has 0 bridgehead atoms. The highest BCUT2D eigenvalue weighted by Crippen LogP contribution is 2.26. The second-order valence-electron chi connectivity index (χ2n) is 6.18. The fourth-order valence-electron chi connectivity index (χ4n) is 2.98. The van der Waals surface area contributed by atoms with E-state index in [1.54, 1.807) is 18.3 Å². The molecule has 1 aliphatic heterocycles. The molecule has 2 atom stereocenters. The van der Waals surface area contributed by atoms with Crippen LogP contribution in [-0.4, -0.2) is 38.7 Å². The molecule has 0 unspecified atom stereocenters. The number of hydrogen-bond donors (Lipinski definition) is 2. The molecule has 27 heavy (non-hydrogen) atoms. The first-order chi connectivity index (χ1) is 13.2. The molecule has 9 nitrogen and oxygen atoms in total. The molecule has 1 fully saturated rings. The summed E-state index contributed by atoms with van der Waals surface area (Å²) < 4.78 is 10.2. The Morgan fingerprint density at radius 1 is 1.22 bits per heavy atom. The van der Waals surface area contributed by atoms with Gasteiger partial charge in [0.1, 0.15) is 11.8 Å². The van der Waals surface area contributed by atoms with Crippen LogP contribution in [0.5, 0.6) is 0 Å². The zero-order valence-corrected chi connectivity index (χ0v) is 14.3. The van der Waals surface area contributed by atoms with Crippen LogP contribution in [0, 0.1) is 0 Å². The highest BCUT2D eigenvalue weighted by atomic mass is 16.5. The normalized spacial score (nSPS) is 19.6. The Balaban J connectivity index is 1.40. The topological polar surface area (TPSA) is 123 Å². The van der Waals surface area contributed by atoms with E-state index in [2.05, 4.69) is 29.9 Å². The van der Waals surface area contributed by atoms with E-state index in [4.69, 9.17) is 4.74 Å². The van der Waals surface area contributed by atoms with E-state index in [9.17, 15) is 9.59 Å². The monoisotopic (exact) mass is 367 g/mol. The van der Waals surface area contributed by atoms with Gasteiger partial charge in [0.25, 0.3) is 5.91 Å². The van der Waals surface area contributed by atoms with Crippen LogP contribution in [0.1, 0.15) is 35.0 Å². The van der Waals surface area contributed by atoms with Crippen molar-refractivity contribution in [2.24, 2.45) is 0 Å². The van der Waals surface area contributed by atoms with Crippen molar-refractivity contribution in [1.29, 1.82) is 0 Å². The summed E-state index contributed by atoms with van der Waals surface area (Å²) in [7, 11) is 0. The van der Waals surface area contributed by atoms with Crippen molar-refractivity contribution in [3.63, 3.8) is 0 Å². The molecule has 0 aromatic carbocycles. The predicted molar refractivity (Wildman–Crippen MR) is 93.8 cm³/mol. The van der Waals surface area contributed by atoms with Gasteiger partial charge in [0.05, 0.1) is 11.3 Å². The number of amides is 1. The summed E-state index contributed by atoms with van der Waals surface area (Å²) in [4.78, 5) is 34.4. The number of pyridine rings is 2. The van der Waals surface area contributed by atoms with E-state index in [-0.39, 0.29) is 23.9 Å². The van der Waals surface area contributed by atoms with Crippen LogP contribution in [0.25, 0.3) is 11.5 Å². The third-order valence-electron chi connectivity index (χ3n) is 4.35. The van der Waals surface area contributed by atoms with Gasteiger partial charge in [-0.25, -0.2) is 4.79 Å². The number of nitrogens with one attached hydrogen (secondary N) is 2. The van der Waals surface area contributed by atoms with E-state index in [0.717, 1.165) is 12.1 Å². The number of H-pyrrole nitrogens is 1. The summed E-state index contributed by atoms with van der Waals surface area (Å²) in [5, 5.41) is 6.58. The Labute approximate surface area is 153 Å². The van der Waals surface area contributed by atoms with Gasteiger partial charge in [-0.3, -0.25) is 24.3 Å². The van der Waals surface area contributed by atoms with Gasteiger partial charge in [-0.2, -0.15) is 0 Å². The van der Waals surface area contributed by atoms with Crippen molar-refractivity contribution in [3.8, 4) is 11.5 Å². The lowest BCUT2D eigenvalue weighted by atomic mass is 10.00. The second kappa shape index (κ2) is 7.50. The molecular formula is C18H17N5O4. The van der Waals surface area contributed by atoms with Gasteiger partial charge < -0.3 is 10.1 Å². The van der Waals surface area contributed by atoms with Gasteiger partial charge in [-0.05, 0) is 37.1 Å². The zero-order chi connectivity index (χ0) is 18.6. The number of aromatic nitrogens is 4. The maximum absolute atomic E-state index is 12.5. The third kappa shape index (κ3) is 3.93. The fraction of sp³-hybridized carbons (Fsp3) is 0.278. The Kier molecular flexibility index (Phi) is 4.75. The van der Waals surface area contributed by atoms with Crippen molar-refractivity contribution >= 4 is 5.91 Å². The van der Waals surface area contributed by atoms with Crippen molar-refractivity contribution in [3.05, 3.63) is 64.5 Å². The molecule has 0 spiro atoms. The minimum atomic E-state index is -0.657. The lowest BCUT2D eigenvalue weighted by Gasteiger charge is -2.29. The number of hydrogen-bond acceptors (Lipinski definition) is 7. The molecule has 0 saturated carbocycles. The van der Waals surface area contributed by atoms with Gasteiger partial charge in [0.15, 0.2) is 0 Å². The summed E-state index contributed by atoms with van der Waals surface area (Å²) in [6.07, 6.45) is 4.44. The SMILES string of the molecule is O=C(N[C@@H]1CCO[C@@H](c2ccccn2)C1)c1ccc(-c2noc(=O)[nH]2)nc1. The van der Waals surface area contributed by atoms with E-state index in [0.29, 0.717) is 24.3 Å². The van der Waals surface area contributed by atoms with Gasteiger partial charge in [-0.1, -0.05) is 11.2 Å². The van der Waals surface area contributed by atoms with Crippen LogP contribution < -0.4 is 11.1 Å². The molecule has 1 aliphatic rings. The number of aromatic amines is 1. The molecule has 1 amide bonds. The van der Waals surface area contributed by atoms with Crippen LogP contribution in [0.2, 0.25) is 0 Å². The molecule has 9 heteroatoms. The molecule has 0 aliphatic carbocycles. The summed E-state index contributed by atoms with van der Waals surface area (Å²) in [5.41, 5.74) is 1.70. The first-order valence-electron chi connectivity index (χ1n) is 8.55. The second-order valence-corrected chi connectivity index (χ2v) is 6.18. The molecule has 138 valence electrons. The highest BCUT2D eigenvalue weighted by molar-refractivity contribution is 5.94. The number of carbonyl (C=O) groups excluding carboxylic acids is 1. The molecule has 1 saturated heterocycles. The summed E-state index contributed by atoms with van der Waals surface area (Å²) >= 11 is 0. The smallest absolute Gasteiger partial charge is 0.372 e. The molecule has 3 aromatic heterocycles. The van der Waals surface area contributed by atoms with Crippen LogP contribution in [0.3, 0.4) is 0 Å². The maximum Gasteiger partial charge on any atom is 0.439 e. The summed E-state index contributed by atoms with van der Waals surface area (Å²) in [6, 6.07) is 8.92. The standard InChI is InChI=1S/C18H17N5O4/c24-17(11-4-5-14(20-10-11)16-22-18(25)27-23-16)21-12-6-8-26-15(9-12)13-3-1-2-7-19-13/h1-5,7,10,12,15H,6,8-9H2,(H,21,24)(H,22,23,25)/t12-,15-/m1/s1. The average Bonchev–Trinajstić information content (AvgIpc) is 3.15. The predicted octanol–water partition coefficient (Wildman–Crippen LogP) is 1.47. The largest absolute Gasteiger partial charge is 0.439 e. The lowest BCUT2D eigenvalue weighted by Crippen LogP contribution is -2.40. The number of rotatable bonds is 4. The Bertz CT molecular complexity index is 967. The van der Waals surface area contributed by atoms with Crippen molar-refractivity contribution < 1.29 is 14.1 Å². The van der Waals surface area contributed by atoms with Gasteiger partial charge in [0.2, 0.25) is 5.82 Å². The van der Waals surface area contributed by atoms with E-state index in [1.807, 2.05) is 18.2 Å². The van der Waals surface area contributed by atoms with E-state index in [1.165, 1.54) is 6.20 Å². The highest BCUT2D eigenvalue weighted by Gasteiger charge is 2.26. The van der Waals surface area contributed by atoms with Crippen LogP contribution >= 0.6 is 0 Å². The number of carbonyl (C=O) groups is 1.